The summed E-state index contributed by atoms with van der Waals surface area (Å²) in [5.74, 6) is -1.95. The fourth-order valence-electron chi connectivity index (χ4n) is 1.63. The number of hydrogen-bond donors (Lipinski definition) is 0. The predicted molar refractivity (Wildman–Crippen MR) is 71.8 cm³/mol. The molecule has 2 rings (SSSR count). The highest BCUT2D eigenvalue weighted by molar-refractivity contribution is 7.87. The molecule has 0 bridgehead atoms. The molecule has 0 aliphatic heterocycles. The van der Waals surface area contributed by atoms with E-state index in [4.69, 9.17) is 8.92 Å². The molecular weight excluding hydrogens is 302 g/mol. The van der Waals surface area contributed by atoms with Crippen LogP contribution in [0.3, 0.4) is 0 Å². The maximum Gasteiger partial charge on any atom is 0.342 e. The summed E-state index contributed by atoms with van der Waals surface area (Å²) in [7, 11) is -4.42. The van der Waals surface area contributed by atoms with Gasteiger partial charge in [-0.1, -0.05) is 12.1 Å². The number of hydrogen-bond acceptors (Lipinski definition) is 4. The smallest absolute Gasteiger partial charge is 0.342 e. The van der Waals surface area contributed by atoms with Crippen LogP contribution in [0.25, 0.3) is 0 Å². The Labute approximate surface area is 121 Å². The molecule has 0 fully saturated rings. The van der Waals surface area contributed by atoms with Gasteiger partial charge in [0, 0.05) is 6.07 Å². The van der Waals surface area contributed by atoms with Crippen LogP contribution in [0.2, 0.25) is 0 Å². The van der Waals surface area contributed by atoms with Crippen molar-refractivity contribution in [3.05, 3.63) is 54.1 Å². The molecule has 0 unspecified atom stereocenters. The summed E-state index contributed by atoms with van der Waals surface area (Å²) in [6, 6.07) is 8.22. The first-order chi connectivity index (χ1) is 9.94. The molecule has 2 aromatic carbocycles. The fourth-order valence-corrected chi connectivity index (χ4v) is 2.63. The van der Waals surface area contributed by atoms with Gasteiger partial charge in [-0.3, -0.25) is 0 Å². The molecule has 0 aliphatic carbocycles. The largest absolute Gasteiger partial charge is 0.490 e. The molecule has 0 aliphatic rings. The van der Waals surface area contributed by atoms with E-state index in [0.29, 0.717) is 12.7 Å². The van der Waals surface area contributed by atoms with Gasteiger partial charge in [-0.05, 0) is 31.2 Å². The Morgan fingerprint density at radius 1 is 1.05 bits per heavy atom. The summed E-state index contributed by atoms with van der Waals surface area (Å²) < 4.78 is 60.6. The van der Waals surface area contributed by atoms with Gasteiger partial charge in [-0.25, -0.2) is 8.78 Å². The van der Waals surface area contributed by atoms with E-state index >= 15 is 0 Å². The van der Waals surface area contributed by atoms with E-state index in [2.05, 4.69) is 0 Å². The van der Waals surface area contributed by atoms with Crippen LogP contribution in [-0.4, -0.2) is 15.0 Å². The van der Waals surface area contributed by atoms with Gasteiger partial charge >= 0.3 is 10.1 Å². The van der Waals surface area contributed by atoms with Crippen molar-refractivity contribution >= 4 is 10.1 Å². The zero-order valence-corrected chi connectivity index (χ0v) is 11.9. The van der Waals surface area contributed by atoms with Crippen LogP contribution in [0.5, 0.6) is 11.5 Å². The van der Waals surface area contributed by atoms with Gasteiger partial charge in [0.05, 0.1) is 6.61 Å². The number of ether oxygens (including phenoxy) is 1. The van der Waals surface area contributed by atoms with Gasteiger partial charge in [-0.15, -0.1) is 0 Å². The minimum absolute atomic E-state index is 0.0666. The number of rotatable bonds is 5. The molecule has 0 saturated heterocycles. The lowest BCUT2D eigenvalue weighted by molar-refractivity contribution is 0.327. The third-order valence-electron chi connectivity index (χ3n) is 2.51. The zero-order chi connectivity index (χ0) is 15.5. The van der Waals surface area contributed by atoms with Gasteiger partial charge in [0.2, 0.25) is 0 Å². The van der Waals surface area contributed by atoms with E-state index in [9.17, 15) is 17.2 Å². The molecule has 0 N–H and O–H groups in total. The molecule has 0 heterocycles. The van der Waals surface area contributed by atoms with Gasteiger partial charge < -0.3 is 8.92 Å². The molecule has 21 heavy (non-hydrogen) atoms. The second-order valence-corrected chi connectivity index (χ2v) is 5.51. The predicted octanol–water partition coefficient (Wildman–Crippen LogP) is 3.13. The van der Waals surface area contributed by atoms with Gasteiger partial charge in [0.1, 0.15) is 16.5 Å². The first kappa shape index (κ1) is 15.2. The van der Waals surface area contributed by atoms with Gasteiger partial charge in [-0.2, -0.15) is 8.42 Å². The first-order valence-electron chi connectivity index (χ1n) is 6.05. The number of benzene rings is 2. The molecule has 0 amide bonds. The molecule has 0 spiro atoms. The van der Waals surface area contributed by atoms with E-state index in [1.165, 1.54) is 12.1 Å². The van der Waals surface area contributed by atoms with Crippen LogP contribution in [-0.2, 0) is 10.1 Å². The number of para-hydroxylation sites is 2. The summed E-state index contributed by atoms with van der Waals surface area (Å²) >= 11 is 0. The van der Waals surface area contributed by atoms with Crippen molar-refractivity contribution in [2.24, 2.45) is 0 Å². The van der Waals surface area contributed by atoms with Crippen molar-refractivity contribution in [3.63, 3.8) is 0 Å². The third kappa shape index (κ3) is 3.49. The molecular formula is C14H12F2O4S. The molecule has 7 heteroatoms. The van der Waals surface area contributed by atoms with Crippen molar-refractivity contribution in [3.8, 4) is 11.5 Å². The zero-order valence-electron chi connectivity index (χ0n) is 11.0. The lowest BCUT2D eigenvalue weighted by Crippen LogP contribution is -2.12. The van der Waals surface area contributed by atoms with Crippen molar-refractivity contribution in [1.29, 1.82) is 0 Å². The highest BCUT2D eigenvalue weighted by Crippen LogP contribution is 2.30. The average Bonchev–Trinajstić information content (AvgIpc) is 2.40. The first-order valence-corrected chi connectivity index (χ1v) is 7.46. The lowest BCUT2D eigenvalue weighted by Gasteiger charge is -2.11. The normalized spacial score (nSPS) is 11.2. The second kappa shape index (κ2) is 6.09. The molecule has 0 radical (unpaired) electrons. The maximum atomic E-state index is 13.6. The topological polar surface area (TPSA) is 52.6 Å². The van der Waals surface area contributed by atoms with Gasteiger partial charge in [0.15, 0.2) is 11.5 Å². The minimum Gasteiger partial charge on any atom is -0.490 e. The quantitative estimate of drug-likeness (QED) is 0.796. The van der Waals surface area contributed by atoms with Crippen LogP contribution >= 0.6 is 0 Å². The summed E-state index contributed by atoms with van der Waals surface area (Å²) in [4.78, 5) is -0.741. The van der Waals surface area contributed by atoms with E-state index in [0.717, 1.165) is 12.1 Å². The third-order valence-corrected chi connectivity index (χ3v) is 3.78. The SMILES string of the molecule is CCOc1ccccc1OS(=O)(=O)c1ccc(F)cc1F. The number of halogens is 2. The minimum atomic E-state index is -4.42. The fraction of sp³-hybridized carbons (Fsp3) is 0.143. The Morgan fingerprint density at radius 2 is 1.71 bits per heavy atom. The summed E-state index contributed by atoms with van der Waals surface area (Å²) in [6.07, 6.45) is 0. The summed E-state index contributed by atoms with van der Waals surface area (Å²) in [6.45, 7) is 2.04. The maximum absolute atomic E-state index is 13.6. The van der Waals surface area contributed by atoms with E-state index < -0.39 is 26.6 Å². The molecule has 0 aromatic heterocycles. The standard InChI is InChI=1S/C14H12F2O4S/c1-2-19-12-5-3-4-6-13(12)20-21(17,18)14-8-7-10(15)9-11(14)16/h3-9H,2H2,1H3. The Morgan fingerprint density at radius 3 is 2.33 bits per heavy atom. The summed E-state index contributed by atoms with van der Waals surface area (Å²) in [5, 5.41) is 0. The van der Waals surface area contributed by atoms with Crippen molar-refractivity contribution < 1.29 is 26.1 Å². The Balaban J connectivity index is 2.38. The monoisotopic (exact) mass is 314 g/mol. The Bertz CT molecular complexity index is 744. The highest BCUT2D eigenvalue weighted by Gasteiger charge is 2.23. The Kier molecular flexibility index (Phi) is 4.42. The van der Waals surface area contributed by atoms with Crippen molar-refractivity contribution in [1.82, 2.24) is 0 Å². The highest BCUT2D eigenvalue weighted by atomic mass is 32.2. The second-order valence-electron chi connectivity index (χ2n) is 3.99. The molecule has 0 atom stereocenters. The van der Waals surface area contributed by atoms with Crippen LogP contribution in [0.1, 0.15) is 6.92 Å². The Hall–Kier alpha value is -2.15. The average molecular weight is 314 g/mol. The molecule has 0 saturated carbocycles. The molecule has 4 nitrogen and oxygen atoms in total. The van der Waals surface area contributed by atoms with Crippen LogP contribution in [0.4, 0.5) is 8.78 Å². The summed E-state index contributed by atoms with van der Waals surface area (Å²) in [5.41, 5.74) is 0. The van der Waals surface area contributed by atoms with Gasteiger partial charge in [0.25, 0.3) is 0 Å². The van der Waals surface area contributed by atoms with Crippen LogP contribution < -0.4 is 8.92 Å². The van der Waals surface area contributed by atoms with E-state index in [-0.39, 0.29) is 11.5 Å². The lowest BCUT2D eigenvalue weighted by atomic mass is 10.3. The van der Waals surface area contributed by atoms with Crippen molar-refractivity contribution in [2.75, 3.05) is 6.61 Å². The van der Waals surface area contributed by atoms with E-state index in [1.807, 2.05) is 0 Å². The van der Waals surface area contributed by atoms with Crippen molar-refractivity contribution in [2.45, 2.75) is 11.8 Å². The van der Waals surface area contributed by atoms with Crippen LogP contribution in [0, 0.1) is 11.6 Å². The molecule has 2 aromatic rings. The molecule has 112 valence electrons. The van der Waals surface area contributed by atoms with E-state index in [1.54, 1.807) is 19.1 Å². The van der Waals surface area contributed by atoms with Crippen LogP contribution in [0.15, 0.2) is 47.4 Å².